The molecule has 1 heterocycles. The molecule has 26 heavy (non-hydrogen) atoms. The summed E-state index contributed by atoms with van der Waals surface area (Å²) >= 11 is 11.9. The Hall–Kier alpha value is -1.91. The molecule has 0 N–H and O–H groups in total. The van der Waals surface area contributed by atoms with Crippen LogP contribution in [-0.2, 0) is 11.2 Å². The van der Waals surface area contributed by atoms with E-state index in [2.05, 4.69) is 36.1 Å². The minimum atomic E-state index is -0.0283. The van der Waals surface area contributed by atoms with Crippen LogP contribution < -0.4 is 9.64 Å². The number of halogens is 2. The summed E-state index contributed by atoms with van der Waals surface area (Å²) in [5.74, 6) is 0.444. The van der Waals surface area contributed by atoms with Gasteiger partial charge in [0.15, 0.2) is 6.61 Å². The summed E-state index contributed by atoms with van der Waals surface area (Å²) in [5, 5.41) is 0.948. The molecule has 3 rings (SSSR count). The third-order valence-corrected chi connectivity index (χ3v) is 5.12. The number of para-hydroxylation sites is 1. The molecule has 1 saturated heterocycles. The van der Waals surface area contributed by atoms with Crippen molar-refractivity contribution in [1.82, 2.24) is 4.90 Å². The maximum absolute atomic E-state index is 12.4. The molecule has 0 saturated carbocycles. The van der Waals surface area contributed by atoms with Crippen LogP contribution in [0.2, 0.25) is 10.0 Å². The Morgan fingerprint density at radius 1 is 1.08 bits per heavy atom. The molecule has 138 valence electrons. The standard InChI is InChI=1S/C20H22Cl2N2O2/c1-2-15-5-3-4-6-18(15)23-9-11-24(12-10-23)20(25)14-26-19-8-7-16(21)13-17(19)22/h3-8,13H,2,9-12,14H2,1H3. The van der Waals surface area contributed by atoms with Crippen molar-refractivity contribution in [2.75, 3.05) is 37.7 Å². The van der Waals surface area contributed by atoms with Gasteiger partial charge < -0.3 is 14.5 Å². The fourth-order valence-electron chi connectivity index (χ4n) is 3.14. The van der Waals surface area contributed by atoms with Crippen LogP contribution in [0.15, 0.2) is 42.5 Å². The summed E-state index contributed by atoms with van der Waals surface area (Å²) in [4.78, 5) is 16.6. The van der Waals surface area contributed by atoms with Crippen LogP contribution in [0.25, 0.3) is 0 Å². The molecule has 4 nitrogen and oxygen atoms in total. The third-order valence-electron chi connectivity index (χ3n) is 4.59. The number of amides is 1. The maximum atomic E-state index is 12.4. The topological polar surface area (TPSA) is 32.8 Å². The number of aryl methyl sites for hydroxylation is 1. The summed E-state index contributed by atoms with van der Waals surface area (Å²) in [7, 11) is 0. The zero-order chi connectivity index (χ0) is 18.5. The normalized spacial score (nSPS) is 14.4. The molecule has 0 unspecified atom stereocenters. The number of carbonyl (C=O) groups is 1. The average Bonchev–Trinajstić information content (AvgIpc) is 2.67. The summed E-state index contributed by atoms with van der Waals surface area (Å²) in [6, 6.07) is 13.4. The number of nitrogens with zero attached hydrogens (tertiary/aromatic N) is 2. The van der Waals surface area contributed by atoms with Crippen molar-refractivity contribution in [3.63, 3.8) is 0 Å². The van der Waals surface area contributed by atoms with Crippen LogP contribution in [0.4, 0.5) is 5.69 Å². The predicted octanol–water partition coefficient (Wildman–Crippen LogP) is 4.28. The van der Waals surface area contributed by atoms with Gasteiger partial charge >= 0.3 is 0 Å². The number of hydrogen-bond acceptors (Lipinski definition) is 3. The van der Waals surface area contributed by atoms with Crippen LogP contribution in [0.5, 0.6) is 5.75 Å². The molecule has 0 aromatic heterocycles. The van der Waals surface area contributed by atoms with Crippen LogP contribution in [0.3, 0.4) is 0 Å². The molecule has 1 aliphatic heterocycles. The van der Waals surface area contributed by atoms with Crippen molar-refractivity contribution < 1.29 is 9.53 Å². The Morgan fingerprint density at radius 3 is 2.50 bits per heavy atom. The van der Waals surface area contributed by atoms with Gasteiger partial charge in [0, 0.05) is 36.9 Å². The van der Waals surface area contributed by atoms with E-state index in [1.807, 2.05) is 4.90 Å². The lowest BCUT2D eigenvalue weighted by atomic mass is 10.1. The molecular weight excluding hydrogens is 371 g/mol. The molecule has 0 atom stereocenters. The van der Waals surface area contributed by atoms with Gasteiger partial charge in [0.25, 0.3) is 5.91 Å². The zero-order valence-electron chi connectivity index (χ0n) is 14.8. The minimum absolute atomic E-state index is 0.0209. The first-order valence-corrected chi connectivity index (χ1v) is 9.52. The molecule has 0 aliphatic carbocycles. The van der Waals surface area contributed by atoms with Crippen LogP contribution >= 0.6 is 23.2 Å². The lowest BCUT2D eigenvalue weighted by Gasteiger charge is -2.37. The molecular formula is C20H22Cl2N2O2. The van der Waals surface area contributed by atoms with Gasteiger partial charge in [-0.2, -0.15) is 0 Å². The highest BCUT2D eigenvalue weighted by Crippen LogP contribution is 2.27. The number of rotatable bonds is 5. The second kappa shape index (κ2) is 8.65. The minimum Gasteiger partial charge on any atom is -0.482 e. The van der Waals surface area contributed by atoms with E-state index in [0.29, 0.717) is 28.9 Å². The number of ether oxygens (including phenoxy) is 1. The summed E-state index contributed by atoms with van der Waals surface area (Å²) in [6.07, 6.45) is 1.00. The van der Waals surface area contributed by atoms with Gasteiger partial charge in [-0.05, 0) is 36.2 Å². The fraction of sp³-hybridized carbons (Fsp3) is 0.350. The fourth-order valence-corrected chi connectivity index (χ4v) is 3.60. The predicted molar refractivity (Wildman–Crippen MR) is 107 cm³/mol. The summed E-state index contributed by atoms with van der Waals surface area (Å²) < 4.78 is 5.56. The first kappa shape index (κ1) is 18.9. The van der Waals surface area contributed by atoms with Crippen molar-refractivity contribution in [2.45, 2.75) is 13.3 Å². The quantitative estimate of drug-likeness (QED) is 0.760. The molecule has 0 spiro atoms. The van der Waals surface area contributed by atoms with Crippen molar-refractivity contribution in [3.05, 3.63) is 58.1 Å². The van der Waals surface area contributed by atoms with E-state index < -0.39 is 0 Å². The largest absolute Gasteiger partial charge is 0.482 e. The monoisotopic (exact) mass is 392 g/mol. The van der Waals surface area contributed by atoms with E-state index in [4.69, 9.17) is 27.9 Å². The van der Waals surface area contributed by atoms with E-state index in [9.17, 15) is 4.79 Å². The van der Waals surface area contributed by atoms with E-state index in [-0.39, 0.29) is 12.5 Å². The Morgan fingerprint density at radius 2 is 1.81 bits per heavy atom. The molecule has 0 radical (unpaired) electrons. The summed E-state index contributed by atoms with van der Waals surface area (Å²) in [5.41, 5.74) is 2.61. The highest BCUT2D eigenvalue weighted by molar-refractivity contribution is 6.35. The van der Waals surface area contributed by atoms with E-state index in [1.165, 1.54) is 11.3 Å². The number of benzene rings is 2. The van der Waals surface area contributed by atoms with Gasteiger partial charge in [-0.15, -0.1) is 0 Å². The second-order valence-corrected chi connectivity index (χ2v) is 7.06. The van der Waals surface area contributed by atoms with Crippen LogP contribution in [0.1, 0.15) is 12.5 Å². The van der Waals surface area contributed by atoms with Crippen molar-refractivity contribution in [3.8, 4) is 5.75 Å². The first-order chi connectivity index (χ1) is 12.6. The van der Waals surface area contributed by atoms with Crippen LogP contribution in [0, 0.1) is 0 Å². The zero-order valence-corrected chi connectivity index (χ0v) is 16.3. The van der Waals surface area contributed by atoms with Gasteiger partial charge in [-0.25, -0.2) is 0 Å². The lowest BCUT2D eigenvalue weighted by molar-refractivity contribution is -0.133. The number of hydrogen-bond donors (Lipinski definition) is 0. The third kappa shape index (κ3) is 4.43. The number of anilines is 1. The van der Waals surface area contributed by atoms with Gasteiger partial charge in [0.1, 0.15) is 5.75 Å². The molecule has 1 aliphatic rings. The number of piperazine rings is 1. The first-order valence-electron chi connectivity index (χ1n) is 8.77. The van der Waals surface area contributed by atoms with E-state index in [1.54, 1.807) is 18.2 Å². The average molecular weight is 393 g/mol. The van der Waals surface area contributed by atoms with Crippen LogP contribution in [-0.4, -0.2) is 43.6 Å². The molecule has 0 bridgehead atoms. The Balaban J connectivity index is 1.53. The summed E-state index contributed by atoms with van der Waals surface area (Å²) in [6.45, 7) is 5.17. The molecule has 2 aromatic carbocycles. The number of carbonyl (C=O) groups excluding carboxylic acids is 1. The van der Waals surface area contributed by atoms with Gasteiger partial charge in [0.2, 0.25) is 0 Å². The van der Waals surface area contributed by atoms with E-state index in [0.717, 1.165) is 19.5 Å². The highest BCUT2D eigenvalue weighted by Gasteiger charge is 2.22. The maximum Gasteiger partial charge on any atom is 0.260 e. The smallest absolute Gasteiger partial charge is 0.260 e. The second-order valence-electron chi connectivity index (χ2n) is 6.21. The molecule has 1 amide bonds. The van der Waals surface area contributed by atoms with Gasteiger partial charge in [0.05, 0.1) is 5.02 Å². The van der Waals surface area contributed by atoms with Gasteiger partial charge in [-0.1, -0.05) is 48.3 Å². The van der Waals surface area contributed by atoms with Crippen molar-refractivity contribution in [1.29, 1.82) is 0 Å². The van der Waals surface area contributed by atoms with Gasteiger partial charge in [-0.3, -0.25) is 4.79 Å². The molecule has 6 heteroatoms. The van der Waals surface area contributed by atoms with Crippen molar-refractivity contribution in [2.24, 2.45) is 0 Å². The Labute approximate surface area is 164 Å². The Kier molecular flexibility index (Phi) is 6.28. The molecule has 1 fully saturated rings. The highest BCUT2D eigenvalue weighted by atomic mass is 35.5. The Bertz CT molecular complexity index is 774. The van der Waals surface area contributed by atoms with E-state index >= 15 is 0 Å². The SMILES string of the molecule is CCc1ccccc1N1CCN(C(=O)COc2ccc(Cl)cc2Cl)CC1. The molecule has 2 aromatic rings. The van der Waals surface area contributed by atoms with Crippen molar-refractivity contribution >= 4 is 34.8 Å². The lowest BCUT2D eigenvalue weighted by Crippen LogP contribution is -2.50.